The summed E-state index contributed by atoms with van der Waals surface area (Å²) in [6.07, 6.45) is 22.5. The number of hydrogen-bond donors (Lipinski definition) is 4. The summed E-state index contributed by atoms with van der Waals surface area (Å²) >= 11 is 0. The van der Waals surface area contributed by atoms with E-state index in [4.69, 9.17) is 47.5 Å². The van der Waals surface area contributed by atoms with E-state index in [1.165, 1.54) is 137 Å². The number of amides is 1. The van der Waals surface area contributed by atoms with E-state index < -0.39 is 0 Å². The highest BCUT2D eigenvalue weighted by atomic mass is 16.5. The third-order valence-corrected chi connectivity index (χ3v) is 31.0. The predicted octanol–water partition coefficient (Wildman–Crippen LogP) is 26.4. The van der Waals surface area contributed by atoms with Crippen LogP contribution in [0.4, 0.5) is 5.69 Å². The lowest BCUT2D eigenvalue weighted by atomic mass is 9.89. The Kier molecular flexibility index (Phi) is 21.6. The van der Waals surface area contributed by atoms with Crippen molar-refractivity contribution in [2.45, 2.75) is 235 Å². The topological polar surface area (TPSA) is 336 Å². The summed E-state index contributed by atoms with van der Waals surface area (Å²) < 4.78 is 34.0. The first kappa shape index (κ1) is 90.3. The normalized spacial score (nSPS) is 15.7. The molecule has 8 aliphatic rings. The fourth-order valence-corrected chi connectivity index (χ4v) is 22.8. The molecule has 4 N–H and O–H groups in total. The SMILES string of the molecule is Cc1c[nH]c(C)c1-c1cc(-c2c(C)noc2C)cc2nc(C3CC3)n(C)c12.Cc1ccn(C)c1-c1cc(-c2c(C)noc2C)cc2nc(C3CC3)n(C)c12.Cc1ncc(-c2cc(-c3c(C)noc3C)cc3[nH]c(C4CC4)nc23)c(C)n1.Cc1noc(C)c1-c1cc(-c2ccc3c(c2)C(=O)CC32CC2)c2nc(C3CC3)[nH]c2c1.Cc1noc(C)c1-c1cc(-c2cccc3c2CCC(=O)N3C)c2nc(C3CC3)[nH]c2c1. The van der Waals surface area contributed by atoms with Gasteiger partial charge in [0.05, 0.1) is 89.3 Å². The number of aromatic amines is 4. The highest BCUT2D eigenvalue weighted by Gasteiger charge is 2.52. The second-order valence-electron chi connectivity index (χ2n) is 41.6. The van der Waals surface area contributed by atoms with E-state index in [0.29, 0.717) is 42.4 Å². The summed E-state index contributed by atoms with van der Waals surface area (Å²) in [4.78, 5) is 74.9. The number of aryl methyl sites for hydroxylation is 18. The zero-order valence-corrected chi connectivity index (χ0v) is 84.6. The maximum Gasteiger partial charge on any atom is 0.227 e. The molecule has 13 aromatic heterocycles. The zero-order valence-electron chi connectivity index (χ0n) is 84.6. The second kappa shape index (κ2) is 34.3. The van der Waals surface area contributed by atoms with Gasteiger partial charge in [-0.15, -0.1) is 0 Å². The number of nitrogens with one attached hydrogen (secondary N) is 4. The number of nitrogens with zero attached hydrogens (tertiary/aromatic N) is 16. The summed E-state index contributed by atoms with van der Waals surface area (Å²) in [6.45, 7) is 30.1. The maximum absolute atomic E-state index is 12.8. The Hall–Kier alpha value is -15.3. The van der Waals surface area contributed by atoms with Crippen LogP contribution in [0.5, 0.6) is 0 Å². The minimum atomic E-state index is 0.143. The molecule has 27 heteroatoms. The monoisotopic (exact) mass is 1900 g/mol. The van der Waals surface area contributed by atoms with Gasteiger partial charge in [0.25, 0.3) is 0 Å². The molecular formula is C116H116N20O7. The number of Topliss-reactive ketones (excluding diaryl/α,β-unsaturated/α-hetero) is 1. The molecule has 6 fully saturated rings. The number of ketones is 1. The van der Waals surface area contributed by atoms with Gasteiger partial charge in [-0.3, -0.25) is 9.59 Å². The first-order valence-electron chi connectivity index (χ1n) is 50.4. The molecule has 20 aromatic rings. The molecule has 27 nitrogen and oxygen atoms in total. The summed E-state index contributed by atoms with van der Waals surface area (Å²) in [5.41, 5.74) is 46.2. The summed E-state index contributed by atoms with van der Waals surface area (Å²) in [5.74, 6) is 13.8. The third kappa shape index (κ3) is 15.9. The summed E-state index contributed by atoms with van der Waals surface area (Å²) in [7, 11) is 8.27. The second-order valence-corrected chi connectivity index (χ2v) is 41.6. The molecule has 0 radical (unpaired) electrons. The zero-order chi connectivity index (χ0) is 98.6. The average Bonchev–Trinajstić information content (AvgIpc) is 1.56. The molecule has 1 amide bonds. The number of carbonyl (C=O) groups excluding carboxylic acids is 2. The number of rotatable bonds is 15. The van der Waals surface area contributed by atoms with Crippen LogP contribution in [0, 0.1) is 104 Å². The molecular weight excluding hydrogens is 1790 g/mol. The first-order chi connectivity index (χ1) is 68.9. The molecule has 0 bridgehead atoms. The van der Waals surface area contributed by atoms with Crippen LogP contribution in [0.1, 0.15) is 256 Å². The van der Waals surface area contributed by atoms with Crippen molar-refractivity contribution in [2.24, 2.45) is 21.1 Å². The van der Waals surface area contributed by atoms with Crippen molar-refractivity contribution in [1.82, 2.24) is 94.3 Å². The van der Waals surface area contributed by atoms with Crippen molar-refractivity contribution < 1.29 is 32.2 Å². The first-order valence-corrected chi connectivity index (χ1v) is 50.4. The van der Waals surface area contributed by atoms with Crippen LogP contribution in [-0.4, -0.2) is 113 Å². The number of anilines is 1. The molecule has 7 aromatic carbocycles. The Labute approximate surface area is 826 Å². The molecule has 1 spiro atoms. The number of carbonyl (C=O) groups is 2. The predicted molar refractivity (Wildman–Crippen MR) is 556 cm³/mol. The lowest BCUT2D eigenvalue weighted by Gasteiger charge is -2.27. The van der Waals surface area contributed by atoms with Crippen molar-refractivity contribution in [3.8, 4) is 111 Å². The Balaban J connectivity index is 0.0000000965. The van der Waals surface area contributed by atoms with Gasteiger partial charge in [-0.2, -0.15) is 0 Å². The Morgan fingerprint density at radius 3 is 1.23 bits per heavy atom. The van der Waals surface area contributed by atoms with Crippen LogP contribution in [0.15, 0.2) is 144 Å². The number of aromatic nitrogens is 19. The Morgan fingerprint density at radius 2 is 0.811 bits per heavy atom. The molecule has 28 rings (SSSR count). The molecule has 0 saturated heterocycles. The molecule has 7 aliphatic carbocycles. The van der Waals surface area contributed by atoms with Gasteiger partial charge in [0.15, 0.2) is 5.78 Å². The van der Waals surface area contributed by atoms with Gasteiger partial charge >= 0.3 is 0 Å². The van der Waals surface area contributed by atoms with Crippen LogP contribution in [0.25, 0.3) is 167 Å². The van der Waals surface area contributed by atoms with Crippen LogP contribution in [0.3, 0.4) is 0 Å². The fraction of sp³-hybridized carbons (Fsp3) is 0.345. The van der Waals surface area contributed by atoms with Crippen molar-refractivity contribution in [2.75, 3.05) is 11.9 Å². The molecule has 6 saturated carbocycles. The van der Waals surface area contributed by atoms with E-state index in [0.717, 1.165) is 250 Å². The van der Waals surface area contributed by atoms with Crippen LogP contribution in [0.2, 0.25) is 0 Å². The molecule has 14 heterocycles. The number of imidazole rings is 5. The molecule has 143 heavy (non-hydrogen) atoms. The number of H-pyrrole nitrogens is 4. The van der Waals surface area contributed by atoms with Gasteiger partial charge in [-0.25, -0.2) is 34.9 Å². The van der Waals surface area contributed by atoms with Gasteiger partial charge in [0.1, 0.15) is 63.7 Å². The molecule has 0 atom stereocenters. The smallest absolute Gasteiger partial charge is 0.227 e. The lowest BCUT2D eigenvalue weighted by molar-refractivity contribution is -0.118. The van der Waals surface area contributed by atoms with E-state index in [1.54, 1.807) is 4.90 Å². The van der Waals surface area contributed by atoms with Gasteiger partial charge in [-0.1, -0.05) is 50.0 Å². The summed E-state index contributed by atoms with van der Waals surface area (Å²) in [6, 6.07) is 36.8. The van der Waals surface area contributed by atoms with Crippen molar-refractivity contribution in [1.29, 1.82) is 0 Å². The quantitative estimate of drug-likeness (QED) is 0.0741. The maximum atomic E-state index is 12.8. The van der Waals surface area contributed by atoms with E-state index in [1.807, 2.05) is 108 Å². The largest absolute Gasteiger partial charge is 0.364 e. The third-order valence-electron chi connectivity index (χ3n) is 31.0. The van der Waals surface area contributed by atoms with Gasteiger partial charge in [0, 0.05) is 184 Å². The lowest BCUT2D eigenvalue weighted by Crippen LogP contribution is -2.31. The van der Waals surface area contributed by atoms with Crippen molar-refractivity contribution >= 4 is 72.5 Å². The van der Waals surface area contributed by atoms with Gasteiger partial charge in [-0.05, 0) is 327 Å². The highest BCUT2D eigenvalue weighted by molar-refractivity contribution is 6.07. The van der Waals surface area contributed by atoms with Crippen molar-refractivity contribution in [3.05, 3.63) is 253 Å². The Morgan fingerprint density at radius 1 is 0.385 bits per heavy atom. The number of fused-ring (bicyclic) bond motifs is 8. The van der Waals surface area contributed by atoms with Gasteiger partial charge < -0.3 is 61.2 Å². The fourth-order valence-electron chi connectivity index (χ4n) is 22.8. The number of hydrogen-bond acceptors (Lipinski definition) is 19. The Bertz CT molecular complexity index is 8310. The highest BCUT2D eigenvalue weighted by Crippen LogP contribution is 2.58. The van der Waals surface area contributed by atoms with E-state index in [9.17, 15) is 9.59 Å². The van der Waals surface area contributed by atoms with Crippen LogP contribution >= 0.6 is 0 Å². The van der Waals surface area contributed by atoms with Crippen molar-refractivity contribution in [3.63, 3.8) is 0 Å². The van der Waals surface area contributed by atoms with Crippen LogP contribution in [-0.2, 0) is 37.8 Å². The van der Waals surface area contributed by atoms with E-state index in [-0.39, 0.29) is 17.1 Å². The summed E-state index contributed by atoms with van der Waals surface area (Å²) in [5, 5.41) is 20.7. The average molecular weight is 1900 g/mol. The molecule has 722 valence electrons. The number of benzene rings is 7. The van der Waals surface area contributed by atoms with E-state index >= 15 is 0 Å². The molecule has 1 aliphatic heterocycles. The minimum absolute atomic E-state index is 0.143. The minimum Gasteiger partial charge on any atom is -0.364 e. The van der Waals surface area contributed by atoms with E-state index in [2.05, 4.69) is 215 Å². The standard InChI is InChI=1S/C26H23N3O2.C25H24N4O2.2C22H24N4O.C21H21N5O/c1-13-23(14(2)31-29-13)17-10-18(24-21(11-17)27-25(28-24)15-3-4-15)16-5-6-20-19(9-16)22(30)12-26(20)7-8-26;1-13-23(14(2)31-28-13)16-11-19(24-20(12-16)26-25(27-24)15-7-8-15)17-5-4-6-21-18(17)9-10-22(30)29(21)3;1-11-10-23-12(2)19(11)17-8-16(20-13(3)25-27-14(20)4)9-18-21(17)26(5)22(24-18)15-6-7-15;1-12-8-9-25(4)20(12)17-10-16(19-13(2)24-27-14(19)3)11-18-21(17)26(5)22(23-18)15-6-7-15;1-10-17(9-22-13(4)23-10)16-7-15(19-11(2)26-27-12(19)3)8-18-20(16)25-21(24-18)14-5-6-14/h5-6,9-11,15H,3-4,7-8,12H2,1-2H3,(H,27,28);4-6,11-12,15H,7-10H2,1-3H3,(H,26,27);8-10,15,23H,6-7H2,1-5H3;8-11,15H,6-7H2,1-5H3;7-9,14H,5-6H2,1-4H3,(H,24,25). The van der Waals surface area contributed by atoms with Crippen LogP contribution < -0.4 is 4.90 Å². The van der Waals surface area contributed by atoms with Gasteiger partial charge in [0.2, 0.25) is 5.91 Å². The molecule has 0 unspecified atom stereocenters.